The van der Waals surface area contributed by atoms with Crippen LogP contribution in [0.25, 0.3) is 10.9 Å². The van der Waals surface area contributed by atoms with Crippen LogP contribution in [0.2, 0.25) is 5.15 Å². The van der Waals surface area contributed by atoms with Crippen LogP contribution < -0.4 is 9.80 Å². The molecule has 0 saturated heterocycles. The molecule has 20 heavy (non-hydrogen) atoms. The highest BCUT2D eigenvalue weighted by atomic mass is 35.5. The molecular formula is C14H15ClN4O. The van der Waals surface area contributed by atoms with Gasteiger partial charge in [-0.25, -0.2) is 9.97 Å². The number of fused-ring (bicyclic) bond motifs is 2. The van der Waals surface area contributed by atoms with Crippen LogP contribution in [0, 0.1) is 6.92 Å². The zero-order valence-corrected chi connectivity index (χ0v) is 12.6. The first kappa shape index (κ1) is 13.1. The highest BCUT2D eigenvalue weighted by molar-refractivity contribution is 6.34. The second-order valence-electron chi connectivity index (χ2n) is 5.10. The van der Waals surface area contributed by atoms with Gasteiger partial charge in [0, 0.05) is 19.5 Å². The number of hydrogen-bond donors (Lipinski definition) is 0. The molecule has 1 atom stereocenters. The molecule has 1 aromatic heterocycles. The fourth-order valence-corrected chi connectivity index (χ4v) is 2.82. The van der Waals surface area contributed by atoms with Crippen molar-refractivity contribution >= 4 is 39.8 Å². The van der Waals surface area contributed by atoms with E-state index in [4.69, 9.17) is 11.6 Å². The van der Waals surface area contributed by atoms with Crippen molar-refractivity contribution in [2.45, 2.75) is 19.9 Å². The molecule has 1 amide bonds. The van der Waals surface area contributed by atoms with Crippen molar-refractivity contribution in [3.63, 3.8) is 0 Å². The Bertz CT molecular complexity index is 731. The molecular weight excluding hydrogens is 276 g/mol. The van der Waals surface area contributed by atoms with E-state index >= 15 is 0 Å². The predicted octanol–water partition coefficient (Wildman–Crippen LogP) is 2.39. The van der Waals surface area contributed by atoms with Crippen LogP contribution >= 0.6 is 11.6 Å². The SMILES string of the molecule is Cc1nc(Cl)c2cc3c(cc2n1)N(C)[C@H](C)C(=O)N3C. The summed E-state index contributed by atoms with van der Waals surface area (Å²) in [5.74, 6) is 0.696. The quantitative estimate of drug-likeness (QED) is 0.699. The minimum absolute atomic E-state index is 0.0588. The number of nitrogens with zero attached hydrogens (tertiary/aromatic N) is 4. The number of likely N-dealkylation sites (N-methyl/N-ethyl adjacent to an activating group) is 2. The number of halogens is 1. The van der Waals surface area contributed by atoms with Gasteiger partial charge in [-0.15, -0.1) is 0 Å². The van der Waals surface area contributed by atoms with Crippen molar-refractivity contribution < 1.29 is 4.79 Å². The van der Waals surface area contributed by atoms with Crippen LogP contribution in [0.15, 0.2) is 12.1 Å². The van der Waals surface area contributed by atoms with Crippen LogP contribution in [-0.4, -0.2) is 36.0 Å². The summed E-state index contributed by atoms with van der Waals surface area (Å²) in [5, 5.41) is 1.18. The van der Waals surface area contributed by atoms with E-state index in [1.54, 1.807) is 11.9 Å². The fraction of sp³-hybridized carbons (Fsp3) is 0.357. The summed E-state index contributed by atoms with van der Waals surface area (Å²) in [6, 6.07) is 3.65. The Hall–Kier alpha value is -1.88. The summed E-state index contributed by atoms with van der Waals surface area (Å²) in [5.41, 5.74) is 2.60. The van der Waals surface area contributed by atoms with E-state index in [2.05, 4.69) is 9.97 Å². The second-order valence-corrected chi connectivity index (χ2v) is 5.46. The molecule has 104 valence electrons. The zero-order chi connectivity index (χ0) is 14.6. The number of rotatable bonds is 0. The molecule has 0 fully saturated rings. The van der Waals surface area contributed by atoms with Gasteiger partial charge >= 0.3 is 0 Å². The first-order chi connectivity index (χ1) is 9.40. The molecule has 0 spiro atoms. The molecule has 6 heteroatoms. The highest BCUT2D eigenvalue weighted by Crippen LogP contribution is 2.38. The summed E-state index contributed by atoms with van der Waals surface area (Å²) >= 11 is 6.19. The Balaban J connectivity index is 2.33. The molecule has 0 bridgehead atoms. The van der Waals surface area contributed by atoms with Gasteiger partial charge in [-0.2, -0.15) is 0 Å². The lowest BCUT2D eigenvalue weighted by Crippen LogP contribution is -2.48. The normalized spacial score (nSPS) is 18.6. The summed E-state index contributed by atoms with van der Waals surface area (Å²) in [6.45, 7) is 3.71. The van der Waals surface area contributed by atoms with Gasteiger partial charge < -0.3 is 9.80 Å². The smallest absolute Gasteiger partial charge is 0.249 e. The first-order valence-electron chi connectivity index (χ1n) is 6.38. The van der Waals surface area contributed by atoms with E-state index < -0.39 is 0 Å². The number of carbonyl (C=O) groups is 1. The van der Waals surface area contributed by atoms with E-state index in [0.29, 0.717) is 11.0 Å². The number of aromatic nitrogens is 2. The maximum atomic E-state index is 12.2. The van der Waals surface area contributed by atoms with Crippen LogP contribution in [0.5, 0.6) is 0 Å². The van der Waals surface area contributed by atoms with Crippen molar-refractivity contribution in [2.75, 3.05) is 23.9 Å². The van der Waals surface area contributed by atoms with Crippen LogP contribution in [-0.2, 0) is 4.79 Å². The third kappa shape index (κ3) is 1.73. The molecule has 1 aliphatic rings. The van der Waals surface area contributed by atoms with Crippen molar-refractivity contribution in [3.8, 4) is 0 Å². The fourth-order valence-electron chi connectivity index (χ4n) is 2.55. The lowest BCUT2D eigenvalue weighted by Gasteiger charge is -2.38. The third-order valence-electron chi connectivity index (χ3n) is 3.87. The van der Waals surface area contributed by atoms with Gasteiger partial charge in [0.1, 0.15) is 17.0 Å². The van der Waals surface area contributed by atoms with Gasteiger partial charge in [-0.3, -0.25) is 4.79 Å². The topological polar surface area (TPSA) is 49.3 Å². The minimum Gasteiger partial charge on any atom is -0.361 e. The summed E-state index contributed by atoms with van der Waals surface area (Å²) in [6.07, 6.45) is 0. The average Bonchev–Trinajstić information content (AvgIpc) is 2.41. The summed E-state index contributed by atoms with van der Waals surface area (Å²) in [4.78, 5) is 24.4. The Morgan fingerprint density at radius 2 is 1.90 bits per heavy atom. The second kappa shape index (κ2) is 4.31. The standard InChI is InChI=1S/C14H15ClN4O/c1-7-14(20)19(4)11-5-9-10(6-12(11)18(7)3)16-8(2)17-13(9)15/h5-7H,1-4H3/t7-/m1/s1. The lowest BCUT2D eigenvalue weighted by molar-refractivity contribution is -0.119. The van der Waals surface area contributed by atoms with Gasteiger partial charge in [-0.05, 0) is 26.0 Å². The number of aryl methyl sites for hydroxylation is 1. The van der Waals surface area contributed by atoms with Gasteiger partial charge in [0.25, 0.3) is 0 Å². The van der Waals surface area contributed by atoms with E-state index in [1.165, 1.54) is 0 Å². The molecule has 0 aliphatic carbocycles. The lowest BCUT2D eigenvalue weighted by atomic mass is 10.1. The molecule has 0 N–H and O–H groups in total. The maximum absolute atomic E-state index is 12.2. The third-order valence-corrected chi connectivity index (χ3v) is 4.16. The largest absolute Gasteiger partial charge is 0.361 e. The Morgan fingerprint density at radius 1 is 1.20 bits per heavy atom. The van der Waals surface area contributed by atoms with E-state index in [1.807, 2.05) is 37.9 Å². The van der Waals surface area contributed by atoms with E-state index in [-0.39, 0.29) is 11.9 Å². The molecule has 3 rings (SSSR count). The van der Waals surface area contributed by atoms with Gasteiger partial charge in [0.05, 0.1) is 16.9 Å². The number of hydrogen-bond acceptors (Lipinski definition) is 4. The van der Waals surface area contributed by atoms with Crippen molar-refractivity contribution in [3.05, 3.63) is 23.1 Å². The molecule has 2 heterocycles. The van der Waals surface area contributed by atoms with Crippen molar-refractivity contribution in [1.82, 2.24) is 9.97 Å². The summed E-state index contributed by atoms with van der Waals surface area (Å²) in [7, 11) is 3.69. The molecule has 1 aromatic carbocycles. The van der Waals surface area contributed by atoms with Gasteiger partial charge in [0.15, 0.2) is 0 Å². The molecule has 1 aliphatic heterocycles. The highest BCUT2D eigenvalue weighted by Gasteiger charge is 2.31. The maximum Gasteiger partial charge on any atom is 0.249 e. The molecule has 0 radical (unpaired) electrons. The van der Waals surface area contributed by atoms with E-state index in [0.717, 1.165) is 22.3 Å². The molecule has 5 nitrogen and oxygen atoms in total. The Kier molecular flexibility index (Phi) is 2.83. The number of amides is 1. The number of carbonyl (C=O) groups excluding carboxylic acids is 1. The minimum atomic E-state index is -0.191. The van der Waals surface area contributed by atoms with Crippen LogP contribution in [0.3, 0.4) is 0 Å². The van der Waals surface area contributed by atoms with Gasteiger partial charge in [0.2, 0.25) is 5.91 Å². The molecule has 2 aromatic rings. The van der Waals surface area contributed by atoms with Crippen LogP contribution in [0.1, 0.15) is 12.7 Å². The average molecular weight is 291 g/mol. The van der Waals surface area contributed by atoms with Crippen molar-refractivity contribution in [1.29, 1.82) is 0 Å². The first-order valence-corrected chi connectivity index (χ1v) is 6.76. The number of anilines is 2. The summed E-state index contributed by atoms with van der Waals surface area (Å²) < 4.78 is 0. The Morgan fingerprint density at radius 3 is 2.60 bits per heavy atom. The zero-order valence-electron chi connectivity index (χ0n) is 11.8. The Labute approximate surface area is 122 Å². The van der Waals surface area contributed by atoms with Crippen molar-refractivity contribution in [2.24, 2.45) is 0 Å². The van der Waals surface area contributed by atoms with Crippen LogP contribution in [0.4, 0.5) is 11.4 Å². The molecule has 0 saturated carbocycles. The van der Waals surface area contributed by atoms with E-state index in [9.17, 15) is 4.79 Å². The monoisotopic (exact) mass is 290 g/mol. The number of benzene rings is 1. The predicted molar refractivity (Wildman–Crippen MR) is 80.6 cm³/mol. The molecule has 0 unspecified atom stereocenters. The van der Waals surface area contributed by atoms with Gasteiger partial charge in [-0.1, -0.05) is 11.6 Å².